The predicted molar refractivity (Wildman–Crippen MR) is 90.5 cm³/mol. The molecule has 3 aliphatic heterocycles. The van der Waals surface area contributed by atoms with Crippen LogP contribution in [0, 0.1) is 0 Å². The van der Waals surface area contributed by atoms with Crippen LogP contribution in [0.2, 0.25) is 0 Å². The molecule has 0 bridgehead atoms. The zero-order chi connectivity index (χ0) is 17.4. The molecule has 3 aliphatic rings. The molecule has 2 atom stereocenters. The molecule has 4 amide bonds. The highest BCUT2D eigenvalue weighted by molar-refractivity contribution is 5.98. The van der Waals surface area contributed by atoms with Gasteiger partial charge in [-0.2, -0.15) is 0 Å². The van der Waals surface area contributed by atoms with Crippen molar-refractivity contribution in [3.05, 3.63) is 35.9 Å². The number of piperazine rings is 2. The Morgan fingerprint density at radius 3 is 2.52 bits per heavy atom. The van der Waals surface area contributed by atoms with Gasteiger partial charge in [-0.05, 0) is 18.4 Å². The molecule has 0 unspecified atom stereocenters. The summed E-state index contributed by atoms with van der Waals surface area (Å²) >= 11 is 0. The summed E-state index contributed by atoms with van der Waals surface area (Å²) in [6.45, 7) is 2.26. The van der Waals surface area contributed by atoms with Crippen molar-refractivity contribution in [2.45, 2.75) is 31.5 Å². The Morgan fingerprint density at radius 1 is 1.00 bits per heavy atom. The topological polar surface area (TPSA) is 73.0 Å². The first-order valence-corrected chi connectivity index (χ1v) is 8.83. The molecule has 25 heavy (non-hydrogen) atoms. The van der Waals surface area contributed by atoms with Crippen molar-refractivity contribution in [2.75, 3.05) is 26.2 Å². The van der Waals surface area contributed by atoms with E-state index < -0.39 is 6.04 Å². The largest absolute Gasteiger partial charge is 0.334 e. The molecule has 7 nitrogen and oxygen atoms in total. The van der Waals surface area contributed by atoms with Gasteiger partial charge < -0.3 is 20.0 Å². The van der Waals surface area contributed by atoms with Gasteiger partial charge in [0.05, 0.1) is 6.54 Å². The van der Waals surface area contributed by atoms with Crippen molar-refractivity contribution in [3.8, 4) is 0 Å². The average Bonchev–Trinajstić information content (AvgIpc) is 3.15. The molecular formula is C18H22N4O3. The molecule has 4 rings (SSSR count). The summed E-state index contributed by atoms with van der Waals surface area (Å²) in [4.78, 5) is 42.8. The van der Waals surface area contributed by atoms with Crippen molar-refractivity contribution >= 4 is 17.8 Å². The van der Waals surface area contributed by atoms with E-state index in [9.17, 15) is 14.4 Å². The monoisotopic (exact) mass is 342 g/mol. The van der Waals surface area contributed by atoms with Crippen LogP contribution in [0.1, 0.15) is 18.4 Å². The van der Waals surface area contributed by atoms with Gasteiger partial charge in [-0.15, -0.1) is 0 Å². The lowest BCUT2D eigenvalue weighted by Gasteiger charge is -2.47. The molecule has 0 spiro atoms. The minimum atomic E-state index is -0.530. The van der Waals surface area contributed by atoms with Crippen LogP contribution in [-0.4, -0.2) is 70.8 Å². The second-order valence-electron chi connectivity index (χ2n) is 6.83. The zero-order valence-corrected chi connectivity index (χ0v) is 14.1. The molecule has 3 saturated heterocycles. The van der Waals surface area contributed by atoms with Gasteiger partial charge >= 0.3 is 6.03 Å². The number of carbonyl (C=O) groups excluding carboxylic acids is 3. The van der Waals surface area contributed by atoms with Gasteiger partial charge in [-0.25, -0.2) is 4.79 Å². The molecule has 0 aromatic heterocycles. The summed E-state index contributed by atoms with van der Waals surface area (Å²) in [6.07, 6.45) is 1.64. The summed E-state index contributed by atoms with van der Waals surface area (Å²) in [5.74, 6) is 0.0362. The van der Waals surface area contributed by atoms with Crippen molar-refractivity contribution in [3.63, 3.8) is 0 Å². The summed E-state index contributed by atoms with van der Waals surface area (Å²) in [5, 5.41) is 2.90. The number of nitrogens with one attached hydrogen (secondary N) is 1. The molecule has 0 saturated carbocycles. The van der Waals surface area contributed by atoms with E-state index in [0.717, 1.165) is 18.4 Å². The SMILES string of the molecule is O=C(NCc1ccccc1)N1CCN2C(=O)[C@H]3CCCN3C(=O)[C@H]2C1. The molecule has 0 aliphatic carbocycles. The molecule has 0 radical (unpaired) electrons. The lowest BCUT2D eigenvalue weighted by molar-refractivity contribution is -0.162. The Labute approximate surface area is 146 Å². The minimum absolute atomic E-state index is 0.0114. The second-order valence-corrected chi connectivity index (χ2v) is 6.83. The maximum absolute atomic E-state index is 12.7. The van der Waals surface area contributed by atoms with Gasteiger partial charge in [0, 0.05) is 26.2 Å². The van der Waals surface area contributed by atoms with Gasteiger partial charge in [0.2, 0.25) is 11.8 Å². The van der Waals surface area contributed by atoms with Crippen molar-refractivity contribution < 1.29 is 14.4 Å². The Kier molecular flexibility index (Phi) is 4.07. The lowest BCUT2D eigenvalue weighted by Crippen LogP contribution is -2.69. The summed E-state index contributed by atoms with van der Waals surface area (Å²) in [5.41, 5.74) is 1.03. The van der Waals surface area contributed by atoms with Gasteiger partial charge in [0.15, 0.2) is 0 Å². The number of benzene rings is 1. The molecular weight excluding hydrogens is 320 g/mol. The van der Waals surface area contributed by atoms with Crippen LogP contribution < -0.4 is 5.32 Å². The standard InChI is InChI=1S/C18H22N4O3/c23-16-14-7-4-8-21(14)17(24)15-12-20(9-10-22(15)16)18(25)19-11-13-5-2-1-3-6-13/h1-3,5-6,14-15H,4,7-12H2,(H,19,25)/t14-,15-/m1/s1. The number of amides is 4. The van der Waals surface area contributed by atoms with Crippen LogP contribution in [-0.2, 0) is 16.1 Å². The van der Waals surface area contributed by atoms with E-state index in [2.05, 4.69) is 5.32 Å². The smallest absolute Gasteiger partial charge is 0.317 e. The number of nitrogens with zero attached hydrogens (tertiary/aromatic N) is 3. The minimum Gasteiger partial charge on any atom is -0.334 e. The predicted octanol–water partition coefficient (Wildman–Crippen LogP) is 0.414. The molecule has 3 heterocycles. The van der Waals surface area contributed by atoms with E-state index in [4.69, 9.17) is 0 Å². The molecule has 7 heteroatoms. The van der Waals surface area contributed by atoms with E-state index in [0.29, 0.717) is 26.2 Å². The van der Waals surface area contributed by atoms with Crippen molar-refractivity contribution in [1.29, 1.82) is 0 Å². The number of hydrogen-bond acceptors (Lipinski definition) is 3. The van der Waals surface area contributed by atoms with Crippen LogP contribution >= 0.6 is 0 Å². The van der Waals surface area contributed by atoms with Gasteiger partial charge in [-0.3, -0.25) is 9.59 Å². The van der Waals surface area contributed by atoms with Gasteiger partial charge in [0.1, 0.15) is 12.1 Å². The number of carbonyl (C=O) groups is 3. The van der Waals surface area contributed by atoms with E-state index in [1.54, 1.807) is 14.7 Å². The van der Waals surface area contributed by atoms with E-state index in [1.807, 2.05) is 30.3 Å². The van der Waals surface area contributed by atoms with Gasteiger partial charge in [-0.1, -0.05) is 30.3 Å². The van der Waals surface area contributed by atoms with Crippen molar-refractivity contribution in [1.82, 2.24) is 20.0 Å². The third kappa shape index (κ3) is 2.83. The van der Waals surface area contributed by atoms with Crippen LogP contribution in [0.15, 0.2) is 30.3 Å². The van der Waals surface area contributed by atoms with Gasteiger partial charge in [0.25, 0.3) is 0 Å². The van der Waals surface area contributed by atoms with E-state index >= 15 is 0 Å². The normalized spacial score (nSPS) is 25.7. The highest BCUT2D eigenvalue weighted by Gasteiger charge is 2.49. The first-order chi connectivity index (χ1) is 12.1. The molecule has 1 aromatic rings. The maximum Gasteiger partial charge on any atom is 0.317 e. The fraction of sp³-hybridized carbons (Fsp3) is 0.500. The Hall–Kier alpha value is -2.57. The molecule has 3 fully saturated rings. The fourth-order valence-corrected chi connectivity index (χ4v) is 4.00. The lowest BCUT2D eigenvalue weighted by atomic mass is 10.0. The number of urea groups is 1. The van der Waals surface area contributed by atoms with Crippen LogP contribution in [0.3, 0.4) is 0 Å². The highest BCUT2D eigenvalue weighted by Crippen LogP contribution is 2.28. The van der Waals surface area contributed by atoms with Crippen LogP contribution in [0.4, 0.5) is 4.79 Å². The molecule has 132 valence electrons. The Balaban J connectivity index is 1.40. The van der Waals surface area contributed by atoms with Crippen LogP contribution in [0.5, 0.6) is 0 Å². The summed E-state index contributed by atoms with van der Waals surface area (Å²) in [7, 11) is 0. The Morgan fingerprint density at radius 2 is 1.72 bits per heavy atom. The average molecular weight is 342 g/mol. The van der Waals surface area contributed by atoms with Crippen LogP contribution in [0.25, 0.3) is 0 Å². The maximum atomic E-state index is 12.7. The third-order valence-corrected chi connectivity index (χ3v) is 5.34. The van der Waals surface area contributed by atoms with E-state index in [-0.39, 0.29) is 30.4 Å². The summed E-state index contributed by atoms with van der Waals surface area (Å²) < 4.78 is 0. The highest BCUT2D eigenvalue weighted by atomic mass is 16.2. The second kappa shape index (κ2) is 6.38. The molecule has 1 N–H and O–H groups in total. The number of rotatable bonds is 2. The first-order valence-electron chi connectivity index (χ1n) is 8.83. The van der Waals surface area contributed by atoms with Crippen molar-refractivity contribution in [2.24, 2.45) is 0 Å². The third-order valence-electron chi connectivity index (χ3n) is 5.34. The number of hydrogen-bond donors (Lipinski definition) is 1. The first kappa shape index (κ1) is 15.9. The molecule has 1 aromatic carbocycles. The van der Waals surface area contributed by atoms with E-state index in [1.165, 1.54) is 0 Å². The summed E-state index contributed by atoms with van der Waals surface area (Å²) in [6, 6.07) is 8.71. The number of fused-ring (bicyclic) bond motifs is 2. The fourth-order valence-electron chi connectivity index (χ4n) is 4.00. The quantitative estimate of drug-likeness (QED) is 0.846. The Bertz CT molecular complexity index is 693. The zero-order valence-electron chi connectivity index (χ0n) is 14.1.